The van der Waals surface area contributed by atoms with Crippen LogP contribution in [0.1, 0.15) is 46.5 Å². The number of ether oxygens (including phenoxy) is 1. The van der Waals surface area contributed by atoms with Crippen LogP contribution in [0.25, 0.3) is 0 Å². The second-order valence-electron chi connectivity index (χ2n) is 5.03. The summed E-state index contributed by atoms with van der Waals surface area (Å²) in [5.74, 6) is -0.700. The van der Waals surface area contributed by atoms with Crippen LogP contribution < -0.4 is 0 Å². The number of carboxylic acids is 1. The summed E-state index contributed by atoms with van der Waals surface area (Å²) in [4.78, 5) is 12.9. The highest BCUT2D eigenvalue weighted by Crippen LogP contribution is 2.29. The van der Waals surface area contributed by atoms with Gasteiger partial charge >= 0.3 is 5.97 Å². The molecule has 1 saturated carbocycles. The molecule has 0 heterocycles. The van der Waals surface area contributed by atoms with Crippen molar-refractivity contribution in [3.63, 3.8) is 0 Å². The molecule has 0 aromatic heterocycles. The maximum Gasteiger partial charge on any atom is 0.303 e. The molecule has 4 heteroatoms. The smallest absolute Gasteiger partial charge is 0.303 e. The second kappa shape index (κ2) is 6.97. The Kier molecular flexibility index (Phi) is 5.92. The molecule has 1 aliphatic carbocycles. The number of carbonyl (C=O) groups is 1. The Bertz CT molecular complexity index is 237. The Labute approximate surface area is 104 Å². The Morgan fingerprint density at radius 2 is 2.12 bits per heavy atom. The van der Waals surface area contributed by atoms with Crippen LogP contribution >= 0.6 is 0 Å². The number of carboxylic acid groups (broad SMARTS) is 1. The van der Waals surface area contributed by atoms with Gasteiger partial charge in [0.1, 0.15) is 0 Å². The molecule has 0 amide bonds. The standard InChI is InChI=1S/C13H25NO3/c1-4-17-12-8-11(9-12)14(10(2)3)7-5-6-13(15)16/h10-12H,4-9H2,1-3H3,(H,15,16). The quantitative estimate of drug-likeness (QED) is 0.709. The van der Waals surface area contributed by atoms with Crippen LogP contribution in [-0.4, -0.2) is 47.3 Å². The van der Waals surface area contributed by atoms with Crippen molar-refractivity contribution >= 4 is 5.97 Å². The van der Waals surface area contributed by atoms with Crippen LogP contribution in [0.2, 0.25) is 0 Å². The molecule has 0 aliphatic heterocycles. The summed E-state index contributed by atoms with van der Waals surface area (Å²) < 4.78 is 5.56. The molecular formula is C13H25NO3. The van der Waals surface area contributed by atoms with Crippen molar-refractivity contribution in [1.29, 1.82) is 0 Å². The van der Waals surface area contributed by atoms with Gasteiger partial charge in [0.2, 0.25) is 0 Å². The summed E-state index contributed by atoms with van der Waals surface area (Å²) in [6.45, 7) is 8.05. The molecule has 4 nitrogen and oxygen atoms in total. The van der Waals surface area contributed by atoms with Gasteiger partial charge in [-0.25, -0.2) is 0 Å². The molecule has 0 bridgehead atoms. The van der Waals surface area contributed by atoms with E-state index < -0.39 is 5.97 Å². The molecule has 0 aromatic carbocycles. The van der Waals surface area contributed by atoms with E-state index in [0.717, 1.165) is 32.4 Å². The minimum Gasteiger partial charge on any atom is -0.481 e. The van der Waals surface area contributed by atoms with E-state index in [1.54, 1.807) is 0 Å². The van der Waals surface area contributed by atoms with Gasteiger partial charge < -0.3 is 9.84 Å². The van der Waals surface area contributed by atoms with E-state index in [2.05, 4.69) is 18.7 Å². The normalized spacial score (nSPS) is 24.1. The minimum absolute atomic E-state index is 0.269. The van der Waals surface area contributed by atoms with E-state index in [9.17, 15) is 4.79 Å². The zero-order valence-corrected chi connectivity index (χ0v) is 11.2. The molecule has 0 atom stereocenters. The molecular weight excluding hydrogens is 218 g/mol. The van der Waals surface area contributed by atoms with Crippen molar-refractivity contribution in [2.45, 2.75) is 64.6 Å². The highest BCUT2D eigenvalue weighted by Gasteiger charge is 2.34. The topological polar surface area (TPSA) is 49.8 Å². The number of nitrogens with zero attached hydrogens (tertiary/aromatic N) is 1. The van der Waals surface area contributed by atoms with Crippen molar-refractivity contribution in [2.75, 3.05) is 13.2 Å². The Morgan fingerprint density at radius 1 is 1.47 bits per heavy atom. The third-order valence-corrected chi connectivity index (χ3v) is 3.41. The van der Waals surface area contributed by atoms with Gasteiger partial charge in [-0.3, -0.25) is 9.69 Å². The van der Waals surface area contributed by atoms with Crippen molar-refractivity contribution in [3.8, 4) is 0 Å². The SMILES string of the molecule is CCOC1CC(N(CCCC(=O)O)C(C)C)C1. The van der Waals surface area contributed by atoms with E-state index in [1.807, 2.05) is 6.92 Å². The van der Waals surface area contributed by atoms with E-state index >= 15 is 0 Å². The molecule has 0 spiro atoms. The van der Waals surface area contributed by atoms with Gasteiger partial charge in [-0.1, -0.05) is 0 Å². The molecule has 0 saturated heterocycles. The van der Waals surface area contributed by atoms with Crippen molar-refractivity contribution < 1.29 is 14.6 Å². The van der Waals surface area contributed by atoms with Crippen molar-refractivity contribution in [2.24, 2.45) is 0 Å². The Morgan fingerprint density at radius 3 is 2.59 bits per heavy atom. The van der Waals surface area contributed by atoms with Gasteiger partial charge in [0.25, 0.3) is 0 Å². The van der Waals surface area contributed by atoms with Gasteiger partial charge in [0, 0.05) is 25.1 Å². The lowest BCUT2D eigenvalue weighted by molar-refractivity contribution is -0.137. The maximum absolute atomic E-state index is 10.5. The van der Waals surface area contributed by atoms with Crippen molar-refractivity contribution in [3.05, 3.63) is 0 Å². The third kappa shape index (κ3) is 4.64. The summed E-state index contributed by atoms with van der Waals surface area (Å²) in [7, 11) is 0. The number of hydrogen-bond donors (Lipinski definition) is 1. The average molecular weight is 243 g/mol. The van der Waals surface area contributed by atoms with Gasteiger partial charge in [0.05, 0.1) is 6.10 Å². The van der Waals surface area contributed by atoms with Crippen molar-refractivity contribution in [1.82, 2.24) is 4.90 Å². The fraction of sp³-hybridized carbons (Fsp3) is 0.923. The van der Waals surface area contributed by atoms with Gasteiger partial charge in [0.15, 0.2) is 0 Å². The van der Waals surface area contributed by atoms with E-state index in [-0.39, 0.29) is 6.42 Å². The van der Waals surface area contributed by atoms with Crippen LogP contribution in [0.15, 0.2) is 0 Å². The highest BCUT2D eigenvalue weighted by atomic mass is 16.5. The maximum atomic E-state index is 10.5. The first-order chi connectivity index (χ1) is 8.04. The first-order valence-electron chi connectivity index (χ1n) is 6.63. The predicted octanol–water partition coefficient (Wildman–Crippen LogP) is 2.13. The average Bonchev–Trinajstić information content (AvgIpc) is 2.18. The number of aliphatic carboxylic acids is 1. The molecule has 1 N–H and O–H groups in total. The fourth-order valence-corrected chi connectivity index (χ4v) is 2.46. The molecule has 1 aliphatic rings. The lowest BCUT2D eigenvalue weighted by Gasteiger charge is -2.44. The van der Waals surface area contributed by atoms with Gasteiger partial charge in [-0.2, -0.15) is 0 Å². The zero-order chi connectivity index (χ0) is 12.8. The summed E-state index contributed by atoms with van der Waals surface area (Å²) >= 11 is 0. The number of rotatable bonds is 8. The van der Waals surface area contributed by atoms with Crippen LogP contribution in [0.5, 0.6) is 0 Å². The molecule has 1 rings (SSSR count). The lowest BCUT2D eigenvalue weighted by atomic mass is 9.87. The Balaban J connectivity index is 2.27. The molecule has 100 valence electrons. The first kappa shape index (κ1) is 14.5. The largest absolute Gasteiger partial charge is 0.481 e. The first-order valence-corrected chi connectivity index (χ1v) is 6.63. The Hall–Kier alpha value is -0.610. The monoisotopic (exact) mass is 243 g/mol. The lowest BCUT2D eigenvalue weighted by Crippen LogP contribution is -2.51. The van der Waals surface area contributed by atoms with E-state index in [1.165, 1.54) is 0 Å². The van der Waals surface area contributed by atoms with Gasteiger partial charge in [-0.05, 0) is 46.6 Å². The summed E-state index contributed by atoms with van der Waals surface area (Å²) in [5, 5.41) is 8.65. The van der Waals surface area contributed by atoms with E-state index in [0.29, 0.717) is 18.2 Å². The second-order valence-corrected chi connectivity index (χ2v) is 5.03. The molecule has 0 unspecified atom stereocenters. The minimum atomic E-state index is -0.700. The van der Waals surface area contributed by atoms with Crippen LogP contribution in [0, 0.1) is 0 Å². The third-order valence-electron chi connectivity index (χ3n) is 3.41. The van der Waals surface area contributed by atoms with Crippen LogP contribution in [-0.2, 0) is 9.53 Å². The van der Waals surface area contributed by atoms with Crippen LogP contribution in [0.4, 0.5) is 0 Å². The summed E-state index contributed by atoms with van der Waals surface area (Å²) in [6.07, 6.45) is 3.62. The molecule has 1 fully saturated rings. The fourth-order valence-electron chi connectivity index (χ4n) is 2.46. The zero-order valence-electron chi connectivity index (χ0n) is 11.2. The molecule has 17 heavy (non-hydrogen) atoms. The number of hydrogen-bond acceptors (Lipinski definition) is 3. The molecule has 0 aromatic rings. The van der Waals surface area contributed by atoms with Crippen LogP contribution in [0.3, 0.4) is 0 Å². The molecule has 0 radical (unpaired) electrons. The highest BCUT2D eigenvalue weighted by molar-refractivity contribution is 5.66. The summed E-state index contributed by atoms with van der Waals surface area (Å²) in [5.41, 5.74) is 0. The predicted molar refractivity (Wildman–Crippen MR) is 67.1 cm³/mol. The van der Waals surface area contributed by atoms with E-state index in [4.69, 9.17) is 9.84 Å². The van der Waals surface area contributed by atoms with Gasteiger partial charge in [-0.15, -0.1) is 0 Å². The summed E-state index contributed by atoms with van der Waals surface area (Å²) in [6, 6.07) is 1.07.